The second-order valence-electron chi connectivity index (χ2n) is 4.48. The number of aromatic nitrogens is 2. The molecule has 1 aromatic heterocycles. The first kappa shape index (κ1) is 13.8. The van der Waals surface area contributed by atoms with Gasteiger partial charge >= 0.3 is 0 Å². The van der Waals surface area contributed by atoms with E-state index in [1.165, 1.54) is 5.39 Å². The molecular formula is C16H12ClIN2. The summed E-state index contributed by atoms with van der Waals surface area (Å²) in [4.78, 5) is 9.12. The molecule has 0 N–H and O–H groups in total. The highest BCUT2D eigenvalue weighted by molar-refractivity contribution is 14.1. The van der Waals surface area contributed by atoms with Crippen LogP contribution in [0.2, 0.25) is 5.15 Å². The number of nitrogens with zero attached hydrogens (tertiary/aromatic N) is 2. The molecule has 0 unspecified atom stereocenters. The Morgan fingerprint density at radius 2 is 1.80 bits per heavy atom. The molecule has 2 nitrogen and oxygen atoms in total. The quantitative estimate of drug-likeness (QED) is 0.445. The van der Waals surface area contributed by atoms with Crippen molar-refractivity contribution in [2.24, 2.45) is 0 Å². The molecule has 0 aliphatic rings. The van der Waals surface area contributed by atoms with Gasteiger partial charge in [0.05, 0.1) is 9.26 Å². The molecule has 2 aromatic carbocycles. The number of hydrogen-bond acceptors (Lipinski definition) is 2. The molecule has 3 aromatic rings. The third-order valence-electron chi connectivity index (χ3n) is 3.24. The van der Waals surface area contributed by atoms with Crippen molar-refractivity contribution >= 4 is 45.0 Å². The van der Waals surface area contributed by atoms with Crippen molar-refractivity contribution in [3.05, 3.63) is 56.9 Å². The van der Waals surface area contributed by atoms with Gasteiger partial charge in [-0.15, -0.1) is 0 Å². The van der Waals surface area contributed by atoms with Crippen LogP contribution < -0.4 is 0 Å². The molecule has 0 radical (unpaired) electrons. The zero-order valence-corrected chi connectivity index (χ0v) is 13.8. The summed E-state index contributed by atoms with van der Waals surface area (Å²) in [5, 5.41) is 2.86. The lowest BCUT2D eigenvalue weighted by Gasteiger charge is -2.09. The van der Waals surface area contributed by atoms with Gasteiger partial charge in [-0.05, 0) is 39.8 Å². The predicted octanol–water partition coefficient (Wildman–Crippen LogP) is 5.12. The molecule has 0 aliphatic heterocycles. The SMILES string of the molecule is CCc1nc(-c2cccc3ccccc23)nc(Cl)c1I. The van der Waals surface area contributed by atoms with Crippen LogP contribution in [0.15, 0.2) is 42.5 Å². The third kappa shape index (κ3) is 2.40. The van der Waals surface area contributed by atoms with E-state index < -0.39 is 0 Å². The van der Waals surface area contributed by atoms with E-state index in [-0.39, 0.29) is 0 Å². The van der Waals surface area contributed by atoms with E-state index in [0.29, 0.717) is 11.0 Å². The molecule has 3 rings (SSSR count). The first-order valence-electron chi connectivity index (χ1n) is 6.40. The summed E-state index contributed by atoms with van der Waals surface area (Å²) in [5.41, 5.74) is 2.02. The van der Waals surface area contributed by atoms with Gasteiger partial charge < -0.3 is 0 Å². The van der Waals surface area contributed by atoms with Gasteiger partial charge in [-0.25, -0.2) is 9.97 Å². The van der Waals surface area contributed by atoms with Crippen molar-refractivity contribution in [3.8, 4) is 11.4 Å². The van der Waals surface area contributed by atoms with Crippen LogP contribution in [-0.2, 0) is 6.42 Å². The van der Waals surface area contributed by atoms with Gasteiger partial charge in [0.2, 0.25) is 0 Å². The molecule has 100 valence electrons. The zero-order chi connectivity index (χ0) is 14.1. The van der Waals surface area contributed by atoms with Gasteiger partial charge in [-0.2, -0.15) is 0 Å². The Labute approximate surface area is 136 Å². The number of fused-ring (bicyclic) bond motifs is 1. The lowest BCUT2D eigenvalue weighted by atomic mass is 10.0. The highest BCUT2D eigenvalue weighted by Crippen LogP contribution is 2.29. The molecular weight excluding hydrogens is 383 g/mol. The van der Waals surface area contributed by atoms with E-state index >= 15 is 0 Å². The van der Waals surface area contributed by atoms with Crippen LogP contribution >= 0.6 is 34.2 Å². The summed E-state index contributed by atoms with van der Waals surface area (Å²) in [6.45, 7) is 2.08. The molecule has 0 aliphatic carbocycles. The molecule has 0 atom stereocenters. The van der Waals surface area contributed by atoms with Gasteiger partial charge in [0.1, 0.15) is 5.15 Å². The van der Waals surface area contributed by atoms with Crippen molar-refractivity contribution in [2.75, 3.05) is 0 Å². The van der Waals surface area contributed by atoms with E-state index in [4.69, 9.17) is 11.6 Å². The molecule has 0 saturated carbocycles. The monoisotopic (exact) mass is 394 g/mol. The average Bonchev–Trinajstić information content (AvgIpc) is 2.49. The standard InChI is InChI=1S/C16H12ClIN2/c1-2-13-14(18)15(17)20-16(19-13)12-9-5-7-10-6-3-4-8-11(10)12/h3-9H,2H2,1H3. The van der Waals surface area contributed by atoms with Crippen LogP contribution in [-0.4, -0.2) is 9.97 Å². The first-order valence-corrected chi connectivity index (χ1v) is 7.86. The van der Waals surface area contributed by atoms with Gasteiger partial charge in [0.25, 0.3) is 0 Å². The highest BCUT2D eigenvalue weighted by atomic mass is 127. The number of hydrogen-bond donors (Lipinski definition) is 0. The Kier molecular flexibility index (Phi) is 3.89. The summed E-state index contributed by atoms with van der Waals surface area (Å²) < 4.78 is 0.941. The third-order valence-corrected chi connectivity index (χ3v) is 4.97. The minimum Gasteiger partial charge on any atom is -0.232 e. The predicted molar refractivity (Wildman–Crippen MR) is 92.1 cm³/mol. The van der Waals surface area contributed by atoms with Crippen molar-refractivity contribution in [1.29, 1.82) is 0 Å². The summed E-state index contributed by atoms with van der Waals surface area (Å²) in [6.07, 6.45) is 0.846. The molecule has 1 heterocycles. The lowest BCUT2D eigenvalue weighted by Crippen LogP contribution is -1.99. The molecule has 0 fully saturated rings. The fourth-order valence-corrected chi connectivity index (χ4v) is 3.05. The van der Waals surface area contributed by atoms with Gasteiger partial charge in [-0.3, -0.25) is 0 Å². The summed E-state index contributed by atoms with van der Waals surface area (Å²) in [7, 11) is 0. The summed E-state index contributed by atoms with van der Waals surface area (Å²) in [6, 6.07) is 14.4. The Balaban J connectivity index is 2.28. The van der Waals surface area contributed by atoms with Crippen LogP contribution in [0.5, 0.6) is 0 Å². The topological polar surface area (TPSA) is 25.8 Å². The first-order chi connectivity index (χ1) is 9.70. The number of aryl methyl sites for hydroxylation is 1. The normalized spacial score (nSPS) is 10.9. The van der Waals surface area contributed by atoms with Crippen LogP contribution in [0.4, 0.5) is 0 Å². The Bertz CT molecular complexity index is 781. The summed E-state index contributed by atoms with van der Waals surface area (Å²) in [5.74, 6) is 0.698. The maximum atomic E-state index is 6.24. The summed E-state index contributed by atoms with van der Waals surface area (Å²) >= 11 is 8.44. The number of halogens is 2. The number of rotatable bonds is 2. The second-order valence-corrected chi connectivity index (χ2v) is 5.92. The zero-order valence-electron chi connectivity index (χ0n) is 10.9. The molecule has 0 bridgehead atoms. The Hall–Kier alpha value is -1.20. The van der Waals surface area contributed by atoms with E-state index in [9.17, 15) is 0 Å². The maximum Gasteiger partial charge on any atom is 0.161 e. The van der Waals surface area contributed by atoms with E-state index in [1.807, 2.05) is 24.3 Å². The van der Waals surface area contributed by atoms with Crippen LogP contribution in [0.1, 0.15) is 12.6 Å². The molecule has 20 heavy (non-hydrogen) atoms. The largest absolute Gasteiger partial charge is 0.232 e. The van der Waals surface area contributed by atoms with Crippen LogP contribution in [0, 0.1) is 3.57 Å². The second kappa shape index (κ2) is 5.66. The van der Waals surface area contributed by atoms with Crippen molar-refractivity contribution < 1.29 is 0 Å². The molecule has 0 spiro atoms. The van der Waals surface area contributed by atoms with Gasteiger partial charge in [-0.1, -0.05) is 61.0 Å². The minimum absolute atomic E-state index is 0.528. The smallest absolute Gasteiger partial charge is 0.161 e. The number of benzene rings is 2. The van der Waals surface area contributed by atoms with Crippen LogP contribution in [0.25, 0.3) is 22.2 Å². The van der Waals surface area contributed by atoms with Crippen LogP contribution in [0.3, 0.4) is 0 Å². The van der Waals surface area contributed by atoms with Crippen molar-refractivity contribution in [3.63, 3.8) is 0 Å². The maximum absolute atomic E-state index is 6.24. The van der Waals surface area contributed by atoms with E-state index in [0.717, 1.165) is 26.6 Å². The fraction of sp³-hybridized carbons (Fsp3) is 0.125. The van der Waals surface area contributed by atoms with Crippen molar-refractivity contribution in [2.45, 2.75) is 13.3 Å². The Morgan fingerprint density at radius 1 is 1.05 bits per heavy atom. The van der Waals surface area contributed by atoms with Gasteiger partial charge in [0.15, 0.2) is 5.82 Å². The average molecular weight is 395 g/mol. The fourth-order valence-electron chi connectivity index (χ4n) is 2.24. The van der Waals surface area contributed by atoms with E-state index in [1.54, 1.807) is 0 Å². The lowest BCUT2D eigenvalue weighted by molar-refractivity contribution is 0.990. The molecule has 0 amide bonds. The van der Waals surface area contributed by atoms with Crippen molar-refractivity contribution in [1.82, 2.24) is 9.97 Å². The van der Waals surface area contributed by atoms with E-state index in [2.05, 4.69) is 57.7 Å². The molecule has 4 heteroatoms. The van der Waals surface area contributed by atoms with Gasteiger partial charge in [0, 0.05) is 5.56 Å². The Morgan fingerprint density at radius 3 is 2.60 bits per heavy atom. The minimum atomic E-state index is 0.528. The molecule has 0 saturated heterocycles. The highest BCUT2D eigenvalue weighted by Gasteiger charge is 2.12.